The highest BCUT2D eigenvalue weighted by molar-refractivity contribution is 7.89. The van der Waals surface area contributed by atoms with E-state index in [-0.39, 0.29) is 17.3 Å². The molecule has 6 nitrogen and oxygen atoms in total. The lowest BCUT2D eigenvalue weighted by atomic mass is 10.1. The first-order valence-corrected chi connectivity index (χ1v) is 9.76. The van der Waals surface area contributed by atoms with Crippen molar-refractivity contribution in [3.63, 3.8) is 0 Å². The zero-order valence-electron chi connectivity index (χ0n) is 13.0. The van der Waals surface area contributed by atoms with E-state index in [1.807, 2.05) is 30.3 Å². The van der Waals surface area contributed by atoms with Crippen molar-refractivity contribution in [1.82, 2.24) is 10.3 Å². The van der Waals surface area contributed by atoms with Crippen LogP contribution < -0.4 is 10.5 Å². The van der Waals surface area contributed by atoms with Crippen molar-refractivity contribution in [2.75, 3.05) is 0 Å². The number of nitrogens with zero attached hydrogens (tertiary/aromatic N) is 1. The molecule has 0 radical (unpaired) electrons. The average molecular weight is 373 g/mol. The van der Waals surface area contributed by atoms with Gasteiger partial charge < -0.3 is 5.32 Å². The zero-order chi connectivity index (χ0) is 17.9. The predicted molar refractivity (Wildman–Crippen MR) is 96.5 cm³/mol. The number of hydrogen-bond donors (Lipinski definition) is 2. The molecule has 0 saturated carbocycles. The van der Waals surface area contributed by atoms with E-state index < -0.39 is 10.0 Å². The summed E-state index contributed by atoms with van der Waals surface area (Å²) in [5.74, 6) is -0.225. The molecule has 0 saturated heterocycles. The Kier molecular flexibility index (Phi) is 4.93. The van der Waals surface area contributed by atoms with Gasteiger partial charge in [-0.15, -0.1) is 11.3 Å². The maximum absolute atomic E-state index is 12.4. The van der Waals surface area contributed by atoms with Crippen molar-refractivity contribution >= 4 is 27.3 Å². The Morgan fingerprint density at radius 1 is 1.08 bits per heavy atom. The Balaban J connectivity index is 1.71. The standard InChI is InChI=1S/C17H15N3O3S2/c18-25(22,23)14-8-6-12(7-9-14)10-19-17(21)16-15(20-11-24-16)13-4-2-1-3-5-13/h1-9,11H,10H2,(H,19,21)(H2,18,22,23). The number of amides is 1. The van der Waals surface area contributed by atoms with Crippen LogP contribution in [-0.4, -0.2) is 19.3 Å². The monoisotopic (exact) mass is 373 g/mol. The first-order valence-electron chi connectivity index (χ1n) is 7.34. The van der Waals surface area contributed by atoms with Crippen LogP contribution in [-0.2, 0) is 16.6 Å². The van der Waals surface area contributed by atoms with Gasteiger partial charge in [0.2, 0.25) is 10.0 Å². The van der Waals surface area contributed by atoms with Crippen molar-refractivity contribution in [2.45, 2.75) is 11.4 Å². The molecule has 0 aliphatic carbocycles. The van der Waals surface area contributed by atoms with E-state index in [2.05, 4.69) is 10.3 Å². The number of sulfonamides is 1. The van der Waals surface area contributed by atoms with Crippen LogP contribution in [0.15, 0.2) is 65.0 Å². The second kappa shape index (κ2) is 7.14. The molecule has 1 aromatic heterocycles. The van der Waals surface area contributed by atoms with E-state index in [9.17, 15) is 13.2 Å². The fourth-order valence-electron chi connectivity index (χ4n) is 2.27. The highest BCUT2D eigenvalue weighted by Gasteiger charge is 2.16. The Morgan fingerprint density at radius 2 is 1.76 bits per heavy atom. The highest BCUT2D eigenvalue weighted by atomic mass is 32.2. The topological polar surface area (TPSA) is 102 Å². The van der Waals surface area contributed by atoms with Gasteiger partial charge in [0.05, 0.1) is 16.1 Å². The third-order valence-corrected chi connectivity index (χ3v) is 5.28. The average Bonchev–Trinajstić information content (AvgIpc) is 3.10. The fourth-order valence-corrected chi connectivity index (χ4v) is 3.51. The van der Waals surface area contributed by atoms with Crippen LogP contribution in [0, 0.1) is 0 Å². The van der Waals surface area contributed by atoms with Gasteiger partial charge in [0, 0.05) is 12.1 Å². The number of carbonyl (C=O) groups excluding carboxylic acids is 1. The minimum atomic E-state index is -3.72. The maximum atomic E-state index is 12.4. The van der Waals surface area contributed by atoms with Crippen LogP contribution in [0.5, 0.6) is 0 Å². The maximum Gasteiger partial charge on any atom is 0.263 e. The number of rotatable bonds is 5. The second-order valence-electron chi connectivity index (χ2n) is 5.27. The molecule has 3 aromatic rings. The normalized spacial score (nSPS) is 11.2. The molecular weight excluding hydrogens is 358 g/mol. The zero-order valence-corrected chi connectivity index (χ0v) is 14.7. The molecule has 128 valence electrons. The van der Waals surface area contributed by atoms with E-state index in [0.717, 1.165) is 11.1 Å². The lowest BCUT2D eigenvalue weighted by Crippen LogP contribution is -2.22. The van der Waals surface area contributed by atoms with Crippen LogP contribution in [0.25, 0.3) is 11.3 Å². The van der Waals surface area contributed by atoms with Crippen LogP contribution in [0.4, 0.5) is 0 Å². The summed E-state index contributed by atoms with van der Waals surface area (Å²) < 4.78 is 22.5. The Bertz CT molecular complexity index is 981. The SMILES string of the molecule is NS(=O)(=O)c1ccc(CNC(=O)c2scnc2-c2ccccc2)cc1. The Labute approximate surface area is 149 Å². The Hall–Kier alpha value is -2.55. The number of primary sulfonamides is 1. The third-order valence-electron chi connectivity index (χ3n) is 3.53. The fraction of sp³-hybridized carbons (Fsp3) is 0.0588. The van der Waals surface area contributed by atoms with Gasteiger partial charge in [-0.3, -0.25) is 4.79 Å². The minimum Gasteiger partial charge on any atom is -0.347 e. The molecule has 0 bridgehead atoms. The number of carbonyl (C=O) groups is 1. The molecule has 8 heteroatoms. The quantitative estimate of drug-likeness (QED) is 0.717. The van der Waals surface area contributed by atoms with Crippen molar-refractivity contribution in [2.24, 2.45) is 5.14 Å². The number of nitrogens with two attached hydrogens (primary N) is 1. The molecule has 1 heterocycles. The van der Waals surface area contributed by atoms with Gasteiger partial charge in [0.1, 0.15) is 4.88 Å². The molecule has 0 unspecified atom stereocenters. The Morgan fingerprint density at radius 3 is 2.40 bits per heavy atom. The van der Waals surface area contributed by atoms with E-state index in [0.29, 0.717) is 10.6 Å². The first kappa shape index (κ1) is 17.3. The van der Waals surface area contributed by atoms with E-state index in [1.54, 1.807) is 17.6 Å². The molecule has 0 spiro atoms. The lowest BCUT2D eigenvalue weighted by molar-refractivity contribution is 0.0955. The predicted octanol–water partition coefficient (Wildman–Crippen LogP) is 2.39. The number of aromatic nitrogens is 1. The molecule has 0 aliphatic rings. The summed E-state index contributed by atoms with van der Waals surface area (Å²) in [6, 6.07) is 15.6. The summed E-state index contributed by atoms with van der Waals surface area (Å²) in [5.41, 5.74) is 3.93. The smallest absolute Gasteiger partial charge is 0.263 e. The van der Waals surface area contributed by atoms with Crippen LogP contribution in [0.2, 0.25) is 0 Å². The summed E-state index contributed by atoms with van der Waals surface area (Å²) >= 11 is 1.27. The minimum absolute atomic E-state index is 0.0383. The number of benzene rings is 2. The molecule has 3 rings (SSSR count). The molecule has 1 amide bonds. The van der Waals surface area contributed by atoms with Gasteiger partial charge in [-0.25, -0.2) is 18.5 Å². The van der Waals surface area contributed by atoms with E-state index in [4.69, 9.17) is 5.14 Å². The van der Waals surface area contributed by atoms with Crippen molar-refractivity contribution < 1.29 is 13.2 Å². The third kappa shape index (κ3) is 4.11. The molecule has 25 heavy (non-hydrogen) atoms. The van der Waals surface area contributed by atoms with Gasteiger partial charge >= 0.3 is 0 Å². The summed E-state index contributed by atoms with van der Waals surface area (Å²) in [6.07, 6.45) is 0. The summed E-state index contributed by atoms with van der Waals surface area (Å²) in [6.45, 7) is 0.274. The lowest BCUT2D eigenvalue weighted by Gasteiger charge is -2.06. The molecule has 0 aliphatic heterocycles. The molecule has 0 fully saturated rings. The number of nitrogens with one attached hydrogen (secondary N) is 1. The largest absolute Gasteiger partial charge is 0.347 e. The van der Waals surface area contributed by atoms with Gasteiger partial charge in [-0.1, -0.05) is 42.5 Å². The van der Waals surface area contributed by atoms with Gasteiger partial charge in [-0.05, 0) is 17.7 Å². The number of hydrogen-bond acceptors (Lipinski definition) is 5. The first-order chi connectivity index (χ1) is 11.9. The molecule has 3 N–H and O–H groups in total. The number of thiazole rings is 1. The van der Waals surface area contributed by atoms with Crippen molar-refractivity contribution in [1.29, 1.82) is 0 Å². The van der Waals surface area contributed by atoms with Crippen molar-refractivity contribution in [3.8, 4) is 11.3 Å². The van der Waals surface area contributed by atoms with Gasteiger partial charge in [0.25, 0.3) is 5.91 Å². The van der Waals surface area contributed by atoms with Crippen LogP contribution in [0.3, 0.4) is 0 Å². The van der Waals surface area contributed by atoms with Gasteiger partial charge in [0.15, 0.2) is 0 Å². The summed E-state index contributed by atoms with van der Waals surface area (Å²) in [4.78, 5) is 17.3. The summed E-state index contributed by atoms with van der Waals surface area (Å²) in [5, 5.41) is 7.88. The van der Waals surface area contributed by atoms with Crippen molar-refractivity contribution in [3.05, 3.63) is 70.5 Å². The van der Waals surface area contributed by atoms with Crippen LogP contribution in [0.1, 0.15) is 15.2 Å². The molecule has 2 aromatic carbocycles. The molecule has 0 atom stereocenters. The summed E-state index contributed by atoms with van der Waals surface area (Å²) in [7, 11) is -3.72. The van der Waals surface area contributed by atoms with Gasteiger partial charge in [-0.2, -0.15) is 0 Å². The van der Waals surface area contributed by atoms with Crippen LogP contribution >= 0.6 is 11.3 Å². The highest BCUT2D eigenvalue weighted by Crippen LogP contribution is 2.25. The second-order valence-corrected chi connectivity index (χ2v) is 7.68. The van der Waals surface area contributed by atoms with E-state index >= 15 is 0 Å². The van der Waals surface area contributed by atoms with E-state index in [1.165, 1.54) is 23.5 Å². The molecular formula is C17H15N3O3S2.